The lowest BCUT2D eigenvalue weighted by Crippen LogP contribution is -2.30. The van der Waals surface area contributed by atoms with Gasteiger partial charge in [-0.3, -0.25) is 37.3 Å². The number of rotatable bonds is 72. The molecule has 0 aromatic carbocycles. The fourth-order valence-electron chi connectivity index (χ4n) is 11.3. The van der Waals surface area contributed by atoms with Crippen LogP contribution in [0.5, 0.6) is 0 Å². The standard InChI is InChI=1S/C75H146O17P2/c1-9-68(8)54-46-38-32-34-40-48-56-73(78)86-62-71(92-75(80)58-50-42-30-26-22-18-20-24-28-36-44-52-66(4)5)64-90-94(83,84)88-60-69(76)59-87-93(81,82)89-63-70(61-85-72(77)55-47-39-33-31-37-45-53-67(6)7)91-74(79)57-49-41-29-25-21-17-15-13-11-10-12-14-16-19-23-27-35-43-51-65(2)3/h65-71,76H,9-64H2,1-8H3,(H,81,82)(H,83,84)/t68?,69-,70-,71-/m1/s1. The third-order valence-corrected chi connectivity index (χ3v) is 19.6. The molecule has 0 amide bonds. The Hall–Kier alpha value is -1.94. The number of carbonyl (C=O) groups is 4. The molecule has 94 heavy (non-hydrogen) atoms. The Morgan fingerprint density at radius 2 is 0.511 bits per heavy atom. The van der Waals surface area contributed by atoms with Gasteiger partial charge in [0.1, 0.15) is 19.3 Å². The second-order valence-electron chi connectivity index (χ2n) is 28.7. The van der Waals surface area contributed by atoms with E-state index < -0.39 is 97.5 Å². The number of esters is 4. The highest BCUT2D eigenvalue weighted by Gasteiger charge is 2.30. The first-order valence-electron chi connectivity index (χ1n) is 38.7. The average Bonchev–Trinajstić information content (AvgIpc) is 1.45. The lowest BCUT2D eigenvalue weighted by Gasteiger charge is -2.21. The fraction of sp³-hybridized carbons (Fsp3) is 0.947. The van der Waals surface area contributed by atoms with Crippen molar-refractivity contribution in [3.63, 3.8) is 0 Å². The van der Waals surface area contributed by atoms with Crippen LogP contribution in [0, 0.1) is 23.7 Å². The summed E-state index contributed by atoms with van der Waals surface area (Å²) in [5.41, 5.74) is 0. The summed E-state index contributed by atoms with van der Waals surface area (Å²) in [6.45, 7) is 14.1. The highest BCUT2D eigenvalue weighted by atomic mass is 31.2. The van der Waals surface area contributed by atoms with E-state index in [9.17, 15) is 43.2 Å². The second kappa shape index (κ2) is 64.4. The van der Waals surface area contributed by atoms with Crippen molar-refractivity contribution in [1.82, 2.24) is 0 Å². The fourth-order valence-corrected chi connectivity index (χ4v) is 12.9. The maximum Gasteiger partial charge on any atom is 0.472 e. The molecule has 0 heterocycles. The molecule has 0 aromatic rings. The van der Waals surface area contributed by atoms with E-state index in [2.05, 4.69) is 55.4 Å². The summed E-state index contributed by atoms with van der Waals surface area (Å²) < 4.78 is 68.4. The molecule has 3 unspecified atom stereocenters. The van der Waals surface area contributed by atoms with Crippen molar-refractivity contribution in [3.8, 4) is 0 Å². The number of hydrogen-bond acceptors (Lipinski definition) is 15. The Morgan fingerprint density at radius 3 is 0.755 bits per heavy atom. The van der Waals surface area contributed by atoms with Gasteiger partial charge in [-0.15, -0.1) is 0 Å². The minimum absolute atomic E-state index is 0.105. The molecule has 0 aliphatic carbocycles. The molecule has 0 fully saturated rings. The topological polar surface area (TPSA) is 237 Å². The summed E-state index contributed by atoms with van der Waals surface area (Å²) in [7, 11) is -9.91. The normalized spacial score (nSPS) is 14.4. The smallest absolute Gasteiger partial charge is 0.462 e. The number of phosphoric acid groups is 2. The van der Waals surface area contributed by atoms with Crippen LogP contribution < -0.4 is 0 Å². The molecule has 0 rings (SSSR count). The first kappa shape index (κ1) is 92.1. The number of unbranched alkanes of at least 4 members (excludes halogenated alkanes) is 37. The van der Waals surface area contributed by atoms with Crippen LogP contribution in [0.25, 0.3) is 0 Å². The summed E-state index contributed by atoms with van der Waals surface area (Å²) in [6.07, 6.45) is 48.9. The summed E-state index contributed by atoms with van der Waals surface area (Å²) >= 11 is 0. The summed E-state index contributed by atoms with van der Waals surface area (Å²) in [6, 6.07) is 0. The molecule has 0 spiro atoms. The lowest BCUT2D eigenvalue weighted by molar-refractivity contribution is -0.161. The van der Waals surface area contributed by atoms with Crippen LogP contribution >= 0.6 is 15.6 Å². The summed E-state index contributed by atoms with van der Waals surface area (Å²) in [5, 5.41) is 10.6. The monoisotopic (exact) mass is 1380 g/mol. The van der Waals surface area contributed by atoms with Crippen LogP contribution in [0.1, 0.15) is 376 Å². The zero-order valence-corrected chi connectivity index (χ0v) is 63.4. The van der Waals surface area contributed by atoms with Gasteiger partial charge in [0.25, 0.3) is 0 Å². The molecule has 0 saturated carbocycles. The van der Waals surface area contributed by atoms with Gasteiger partial charge in [-0.1, -0.05) is 325 Å². The molecular weight excluding hydrogens is 1230 g/mol. The Morgan fingerprint density at radius 1 is 0.298 bits per heavy atom. The van der Waals surface area contributed by atoms with E-state index in [-0.39, 0.29) is 25.7 Å². The second-order valence-corrected chi connectivity index (χ2v) is 31.6. The molecule has 0 aliphatic rings. The minimum atomic E-state index is -4.96. The number of aliphatic hydroxyl groups excluding tert-OH is 1. The third-order valence-electron chi connectivity index (χ3n) is 17.7. The van der Waals surface area contributed by atoms with E-state index in [1.54, 1.807) is 0 Å². The van der Waals surface area contributed by atoms with Crippen molar-refractivity contribution in [2.45, 2.75) is 395 Å². The molecule has 0 saturated heterocycles. The maximum absolute atomic E-state index is 13.0. The zero-order chi connectivity index (χ0) is 69.6. The first-order valence-corrected chi connectivity index (χ1v) is 41.7. The quantitative estimate of drug-likeness (QED) is 0.0222. The van der Waals surface area contributed by atoms with Gasteiger partial charge >= 0.3 is 39.5 Å². The van der Waals surface area contributed by atoms with Crippen LogP contribution in [0.3, 0.4) is 0 Å². The zero-order valence-electron chi connectivity index (χ0n) is 61.6. The minimum Gasteiger partial charge on any atom is -0.462 e. The number of ether oxygens (including phenoxy) is 4. The van der Waals surface area contributed by atoms with Crippen molar-refractivity contribution in [1.29, 1.82) is 0 Å². The Labute approximate surface area is 575 Å². The molecule has 6 atom stereocenters. The predicted octanol–water partition coefficient (Wildman–Crippen LogP) is 21.7. The van der Waals surface area contributed by atoms with Crippen molar-refractivity contribution >= 4 is 39.5 Å². The molecule has 0 aliphatic heterocycles. The van der Waals surface area contributed by atoms with E-state index in [0.717, 1.165) is 120 Å². The van der Waals surface area contributed by atoms with Crippen molar-refractivity contribution in [3.05, 3.63) is 0 Å². The number of hydrogen-bond donors (Lipinski definition) is 3. The lowest BCUT2D eigenvalue weighted by atomic mass is 10.00. The predicted molar refractivity (Wildman–Crippen MR) is 381 cm³/mol. The summed E-state index contributed by atoms with van der Waals surface area (Å²) in [5.74, 6) is 0.869. The first-order chi connectivity index (χ1) is 45.1. The van der Waals surface area contributed by atoms with Crippen LogP contribution in [0.15, 0.2) is 0 Å². The summed E-state index contributed by atoms with van der Waals surface area (Å²) in [4.78, 5) is 72.7. The Bertz CT molecular complexity index is 1850. The maximum atomic E-state index is 13.0. The molecule has 0 aromatic heterocycles. The molecule has 17 nitrogen and oxygen atoms in total. The highest BCUT2D eigenvalue weighted by Crippen LogP contribution is 2.45. The van der Waals surface area contributed by atoms with Crippen LogP contribution in [-0.2, 0) is 65.4 Å². The van der Waals surface area contributed by atoms with Crippen LogP contribution in [0.2, 0.25) is 0 Å². The third kappa shape index (κ3) is 67.3. The highest BCUT2D eigenvalue weighted by molar-refractivity contribution is 7.47. The molecule has 558 valence electrons. The van der Waals surface area contributed by atoms with E-state index in [1.165, 1.54) is 167 Å². The van der Waals surface area contributed by atoms with Crippen molar-refractivity contribution in [2.75, 3.05) is 39.6 Å². The number of phosphoric ester groups is 2. The molecule has 0 radical (unpaired) electrons. The van der Waals surface area contributed by atoms with E-state index in [1.807, 2.05) is 0 Å². The van der Waals surface area contributed by atoms with Gasteiger partial charge in [0.05, 0.1) is 26.4 Å². The van der Waals surface area contributed by atoms with E-state index in [4.69, 9.17) is 37.0 Å². The van der Waals surface area contributed by atoms with Gasteiger partial charge in [0.15, 0.2) is 12.2 Å². The van der Waals surface area contributed by atoms with Crippen LogP contribution in [0.4, 0.5) is 0 Å². The van der Waals surface area contributed by atoms with Gasteiger partial charge < -0.3 is 33.8 Å². The van der Waals surface area contributed by atoms with Crippen LogP contribution in [-0.4, -0.2) is 96.7 Å². The molecule has 3 N–H and O–H groups in total. The Balaban J connectivity index is 5.16. The molecule has 0 bridgehead atoms. The average molecular weight is 1380 g/mol. The van der Waals surface area contributed by atoms with Crippen molar-refractivity contribution < 1.29 is 80.2 Å². The Kier molecular flexibility index (Phi) is 63.1. The van der Waals surface area contributed by atoms with Gasteiger partial charge in [-0.2, -0.15) is 0 Å². The molecular formula is C75H146O17P2. The van der Waals surface area contributed by atoms with E-state index in [0.29, 0.717) is 31.6 Å². The van der Waals surface area contributed by atoms with E-state index >= 15 is 0 Å². The molecule has 19 heteroatoms. The van der Waals surface area contributed by atoms with Gasteiger partial charge in [-0.25, -0.2) is 9.13 Å². The SMILES string of the molecule is CCC(C)CCCCCCCCC(=O)OC[C@H](COP(=O)(O)OC[C@H](O)COP(=O)(O)OC[C@@H](COC(=O)CCCCCCCCC(C)C)OC(=O)CCCCCCCCCCCCCCCCCCCCC(C)C)OC(=O)CCCCCCCCCCCCCC(C)C. The van der Waals surface area contributed by atoms with Gasteiger partial charge in [0.2, 0.25) is 0 Å². The largest absolute Gasteiger partial charge is 0.472 e. The van der Waals surface area contributed by atoms with Gasteiger partial charge in [0, 0.05) is 25.7 Å². The number of carbonyl (C=O) groups excluding carboxylic acids is 4. The van der Waals surface area contributed by atoms with Gasteiger partial charge in [-0.05, 0) is 49.4 Å². The number of aliphatic hydroxyl groups is 1. The van der Waals surface area contributed by atoms with Crippen molar-refractivity contribution in [2.24, 2.45) is 23.7 Å².